The summed E-state index contributed by atoms with van der Waals surface area (Å²) in [5.74, 6) is 0.602. The van der Waals surface area contributed by atoms with Crippen LogP contribution in [0.2, 0.25) is 0 Å². The second-order valence-electron chi connectivity index (χ2n) is 6.85. The Kier molecular flexibility index (Phi) is 3.32. The zero-order chi connectivity index (χ0) is 17.1. The van der Waals surface area contributed by atoms with E-state index in [1.54, 1.807) is 0 Å². The van der Waals surface area contributed by atoms with Gasteiger partial charge in [-0.2, -0.15) is 0 Å². The van der Waals surface area contributed by atoms with Crippen LogP contribution in [0.4, 0.5) is 10.2 Å². The van der Waals surface area contributed by atoms with Crippen molar-refractivity contribution in [3.8, 4) is 0 Å². The van der Waals surface area contributed by atoms with Gasteiger partial charge in [0.05, 0.1) is 12.9 Å². The van der Waals surface area contributed by atoms with E-state index in [2.05, 4.69) is 20.3 Å². The van der Waals surface area contributed by atoms with Crippen molar-refractivity contribution >= 4 is 17.0 Å². The largest absolute Gasteiger partial charge is 0.394 e. The van der Waals surface area contributed by atoms with Crippen LogP contribution in [0.15, 0.2) is 12.7 Å². The molecule has 0 spiro atoms. The van der Waals surface area contributed by atoms with Crippen molar-refractivity contribution in [3.05, 3.63) is 12.7 Å². The van der Waals surface area contributed by atoms with E-state index in [9.17, 15) is 10.2 Å². The Morgan fingerprint density at radius 1 is 1.38 bits per heavy atom. The average molecular weight is 337 g/mol. The molecular formula is C15H20FN5O3. The van der Waals surface area contributed by atoms with Gasteiger partial charge >= 0.3 is 0 Å². The fraction of sp³-hybridized carbons (Fsp3) is 0.667. The molecule has 2 aromatic heterocycles. The first-order valence-corrected chi connectivity index (χ1v) is 7.98. The standard InChI is InChI=1S/C15H20FN5O3/c1-14(16)13(24-9(5-22)15(14,2)23)21-7-19-10-11(20-8-3-4-8)17-6-18-12(10)21/h6-9,13,22-23H,3-5H2,1-2H3,(H,17,18,20)/t9-,13?,14+,15?/m1/s1. The molecule has 0 aromatic carbocycles. The highest BCUT2D eigenvalue weighted by Gasteiger charge is 2.63. The Labute approximate surface area is 137 Å². The minimum Gasteiger partial charge on any atom is -0.394 e. The molecule has 9 heteroatoms. The zero-order valence-electron chi connectivity index (χ0n) is 13.5. The number of rotatable bonds is 4. The molecule has 8 nitrogen and oxygen atoms in total. The third kappa shape index (κ3) is 2.11. The van der Waals surface area contributed by atoms with Crippen molar-refractivity contribution in [3.63, 3.8) is 0 Å². The van der Waals surface area contributed by atoms with Gasteiger partial charge in [-0.3, -0.25) is 4.57 Å². The molecule has 2 fully saturated rings. The van der Waals surface area contributed by atoms with Crippen molar-refractivity contribution in [1.29, 1.82) is 0 Å². The van der Waals surface area contributed by atoms with Crippen LogP contribution >= 0.6 is 0 Å². The highest BCUT2D eigenvalue weighted by atomic mass is 19.1. The van der Waals surface area contributed by atoms with Gasteiger partial charge in [0.2, 0.25) is 0 Å². The highest BCUT2D eigenvalue weighted by molar-refractivity contribution is 5.83. The Morgan fingerprint density at radius 3 is 2.75 bits per heavy atom. The van der Waals surface area contributed by atoms with Gasteiger partial charge in [0.1, 0.15) is 18.0 Å². The van der Waals surface area contributed by atoms with E-state index >= 15 is 4.39 Å². The van der Waals surface area contributed by atoms with Gasteiger partial charge in [0.15, 0.2) is 28.9 Å². The number of hydrogen-bond donors (Lipinski definition) is 3. The van der Waals surface area contributed by atoms with Crippen LogP contribution in [0.5, 0.6) is 0 Å². The maximum atomic E-state index is 15.3. The molecule has 0 amide bonds. The molecule has 130 valence electrons. The smallest absolute Gasteiger partial charge is 0.183 e. The van der Waals surface area contributed by atoms with E-state index in [1.807, 2.05) is 0 Å². The van der Waals surface area contributed by atoms with E-state index in [0.717, 1.165) is 12.8 Å². The summed E-state index contributed by atoms with van der Waals surface area (Å²) in [5, 5.41) is 23.1. The lowest BCUT2D eigenvalue weighted by molar-refractivity contribution is -0.0891. The predicted molar refractivity (Wildman–Crippen MR) is 83.1 cm³/mol. The molecule has 1 saturated carbocycles. The molecule has 3 N–H and O–H groups in total. The number of fused-ring (bicyclic) bond motifs is 1. The van der Waals surface area contributed by atoms with Gasteiger partial charge < -0.3 is 20.3 Å². The second-order valence-corrected chi connectivity index (χ2v) is 6.85. The molecule has 4 atom stereocenters. The minimum atomic E-state index is -2.14. The van der Waals surface area contributed by atoms with Crippen LogP contribution in [0, 0.1) is 0 Å². The molecule has 3 heterocycles. The molecule has 2 unspecified atom stereocenters. The van der Waals surface area contributed by atoms with Crippen LogP contribution in [0.1, 0.15) is 32.9 Å². The Bertz CT molecular complexity index is 774. The summed E-state index contributed by atoms with van der Waals surface area (Å²) in [6.45, 7) is 2.09. The Hall–Kier alpha value is -1.84. The van der Waals surface area contributed by atoms with E-state index in [0.29, 0.717) is 23.0 Å². The van der Waals surface area contributed by atoms with Crippen molar-refractivity contribution in [2.45, 2.75) is 56.3 Å². The number of ether oxygens (including phenoxy) is 1. The third-order valence-corrected chi connectivity index (χ3v) is 5.07. The lowest BCUT2D eigenvalue weighted by atomic mass is 9.85. The molecule has 1 saturated heterocycles. The molecule has 4 rings (SSSR count). The summed E-state index contributed by atoms with van der Waals surface area (Å²) >= 11 is 0. The van der Waals surface area contributed by atoms with E-state index in [-0.39, 0.29) is 0 Å². The van der Waals surface area contributed by atoms with Crippen molar-refractivity contribution in [2.75, 3.05) is 11.9 Å². The summed E-state index contributed by atoms with van der Waals surface area (Å²) in [6.07, 6.45) is 2.79. The number of nitrogens with zero attached hydrogens (tertiary/aromatic N) is 4. The molecule has 1 aliphatic carbocycles. The normalized spacial score (nSPS) is 36.4. The maximum Gasteiger partial charge on any atom is 0.183 e. The maximum absolute atomic E-state index is 15.3. The second kappa shape index (κ2) is 5.08. The monoisotopic (exact) mass is 337 g/mol. The van der Waals surface area contributed by atoms with Crippen molar-refractivity contribution in [1.82, 2.24) is 19.5 Å². The number of alkyl halides is 1. The fourth-order valence-corrected chi connectivity index (χ4v) is 3.08. The number of halogens is 1. The fourth-order valence-electron chi connectivity index (χ4n) is 3.08. The summed E-state index contributed by atoms with van der Waals surface area (Å²) in [7, 11) is 0. The Balaban J connectivity index is 1.77. The molecule has 2 aliphatic rings. The number of anilines is 1. The highest BCUT2D eigenvalue weighted by Crippen LogP contribution is 2.48. The van der Waals surface area contributed by atoms with Crippen LogP contribution in [-0.2, 0) is 4.74 Å². The topological polar surface area (TPSA) is 105 Å². The van der Waals surface area contributed by atoms with Crippen molar-refractivity contribution < 1.29 is 19.3 Å². The summed E-state index contributed by atoms with van der Waals surface area (Å²) in [6, 6.07) is 0.391. The van der Waals surface area contributed by atoms with Crippen LogP contribution in [0.25, 0.3) is 11.2 Å². The van der Waals surface area contributed by atoms with Crippen LogP contribution in [-0.4, -0.2) is 59.8 Å². The molecular weight excluding hydrogens is 317 g/mol. The molecule has 24 heavy (non-hydrogen) atoms. The molecule has 0 bridgehead atoms. The molecule has 2 aromatic rings. The van der Waals surface area contributed by atoms with Gasteiger partial charge in [-0.1, -0.05) is 0 Å². The summed E-state index contributed by atoms with van der Waals surface area (Å²) in [5.41, 5.74) is -3.04. The lowest BCUT2D eigenvalue weighted by Crippen LogP contribution is -2.51. The minimum absolute atomic E-state index is 0.391. The quantitative estimate of drug-likeness (QED) is 0.757. The number of aliphatic hydroxyl groups is 2. The number of nitrogens with one attached hydrogen (secondary N) is 1. The average Bonchev–Trinajstić information content (AvgIpc) is 3.21. The van der Waals surface area contributed by atoms with Crippen LogP contribution < -0.4 is 5.32 Å². The van der Waals surface area contributed by atoms with Gasteiger partial charge in [0.25, 0.3) is 0 Å². The first-order valence-electron chi connectivity index (χ1n) is 7.98. The number of aromatic nitrogens is 4. The van der Waals surface area contributed by atoms with E-state index in [4.69, 9.17) is 4.74 Å². The summed E-state index contributed by atoms with van der Waals surface area (Å²) < 4.78 is 22.3. The number of hydrogen-bond acceptors (Lipinski definition) is 7. The van der Waals surface area contributed by atoms with E-state index in [1.165, 1.54) is 31.1 Å². The number of imidazole rings is 1. The third-order valence-electron chi connectivity index (χ3n) is 5.07. The first kappa shape index (κ1) is 15.7. The van der Waals surface area contributed by atoms with Crippen LogP contribution in [0.3, 0.4) is 0 Å². The number of aliphatic hydroxyl groups excluding tert-OH is 1. The van der Waals surface area contributed by atoms with E-state index < -0.39 is 30.2 Å². The van der Waals surface area contributed by atoms with Gasteiger partial charge in [0, 0.05) is 6.04 Å². The van der Waals surface area contributed by atoms with Gasteiger partial charge in [-0.25, -0.2) is 19.3 Å². The predicted octanol–water partition coefficient (Wildman–Crippen LogP) is 0.769. The summed E-state index contributed by atoms with van der Waals surface area (Å²) in [4.78, 5) is 12.7. The lowest BCUT2D eigenvalue weighted by Gasteiger charge is -2.32. The Morgan fingerprint density at radius 2 is 2.12 bits per heavy atom. The first-order chi connectivity index (χ1) is 11.4. The molecule has 1 aliphatic heterocycles. The van der Waals surface area contributed by atoms with Crippen molar-refractivity contribution in [2.24, 2.45) is 0 Å². The zero-order valence-corrected chi connectivity index (χ0v) is 13.5. The SMILES string of the molecule is CC1(O)[C@@H](CO)OC(n2cnc3c(NC4CC4)ncnc32)[C@]1(C)F. The molecule has 0 radical (unpaired) electrons. The van der Waals surface area contributed by atoms with Gasteiger partial charge in [-0.15, -0.1) is 0 Å². The van der Waals surface area contributed by atoms with Gasteiger partial charge in [-0.05, 0) is 26.7 Å².